The van der Waals surface area contributed by atoms with Crippen molar-refractivity contribution in [2.45, 2.75) is 17.5 Å². The van der Waals surface area contributed by atoms with E-state index in [9.17, 15) is 26.0 Å². The largest absolute Gasteiger partial charge is 0.490 e. The predicted molar refractivity (Wildman–Crippen MR) is 94.2 cm³/mol. The molecule has 1 aromatic rings. The second-order valence-electron chi connectivity index (χ2n) is 7.14. The molecule has 29 heavy (non-hydrogen) atoms. The van der Waals surface area contributed by atoms with Crippen molar-refractivity contribution in [3.8, 4) is 0 Å². The Hall–Kier alpha value is -1.76. The van der Waals surface area contributed by atoms with Crippen LogP contribution in [0, 0.1) is 11.2 Å². The average Bonchev–Trinajstić information content (AvgIpc) is 2.85. The van der Waals surface area contributed by atoms with Gasteiger partial charge in [-0.05, 0) is 44.3 Å². The van der Waals surface area contributed by atoms with Gasteiger partial charge in [0.25, 0.3) is 0 Å². The molecule has 0 amide bonds. The summed E-state index contributed by atoms with van der Waals surface area (Å²) in [5, 5.41) is 7.12. The van der Waals surface area contributed by atoms with Gasteiger partial charge >= 0.3 is 12.1 Å². The van der Waals surface area contributed by atoms with E-state index in [4.69, 9.17) is 14.6 Å². The number of hydrogen-bond acceptors (Lipinski definition) is 5. The number of rotatable bonds is 2. The molecule has 1 spiro atoms. The first kappa shape index (κ1) is 23.5. The minimum absolute atomic E-state index is 0.136. The Morgan fingerprint density at radius 2 is 1.76 bits per heavy atom. The van der Waals surface area contributed by atoms with Crippen LogP contribution in [0.15, 0.2) is 29.2 Å². The van der Waals surface area contributed by atoms with Crippen LogP contribution in [0.2, 0.25) is 0 Å². The molecule has 1 N–H and O–H groups in total. The van der Waals surface area contributed by atoms with Crippen LogP contribution in [-0.2, 0) is 19.6 Å². The van der Waals surface area contributed by atoms with Crippen LogP contribution in [0.4, 0.5) is 17.6 Å². The first-order chi connectivity index (χ1) is 13.4. The van der Waals surface area contributed by atoms with Crippen molar-refractivity contribution in [2.24, 2.45) is 5.41 Å². The third kappa shape index (κ3) is 6.11. The summed E-state index contributed by atoms with van der Waals surface area (Å²) in [4.78, 5) is 11.2. The average molecular weight is 442 g/mol. The standard InChI is InChI=1S/C15H21FN2O3S.C2HF3O2/c1-17-7-6-15(10-17)11-18(8-9-21-12-15)22(19,20)14-4-2-13(16)3-5-14;3-2(4,5)1(6)7/h2-5H,6-12H2,1H3;(H,6,7). The van der Waals surface area contributed by atoms with Gasteiger partial charge in [0.2, 0.25) is 10.0 Å². The van der Waals surface area contributed by atoms with Crippen molar-refractivity contribution in [1.82, 2.24) is 9.21 Å². The zero-order chi connectivity index (χ0) is 21.9. The molecule has 0 radical (unpaired) electrons. The molecule has 2 saturated heterocycles. The smallest absolute Gasteiger partial charge is 0.475 e. The maximum atomic E-state index is 13.0. The number of carboxylic acid groups (broad SMARTS) is 1. The highest BCUT2D eigenvalue weighted by molar-refractivity contribution is 7.89. The van der Waals surface area contributed by atoms with Gasteiger partial charge in [0.15, 0.2) is 0 Å². The van der Waals surface area contributed by atoms with Gasteiger partial charge in [-0.2, -0.15) is 17.5 Å². The lowest BCUT2D eigenvalue weighted by Gasteiger charge is -2.31. The van der Waals surface area contributed by atoms with Crippen molar-refractivity contribution in [3.63, 3.8) is 0 Å². The summed E-state index contributed by atoms with van der Waals surface area (Å²) in [5.74, 6) is -3.19. The van der Waals surface area contributed by atoms with E-state index in [1.165, 1.54) is 28.6 Å². The van der Waals surface area contributed by atoms with E-state index in [2.05, 4.69) is 4.90 Å². The molecule has 7 nitrogen and oxygen atoms in total. The highest BCUT2D eigenvalue weighted by Gasteiger charge is 2.43. The van der Waals surface area contributed by atoms with E-state index >= 15 is 0 Å². The number of benzene rings is 1. The van der Waals surface area contributed by atoms with Crippen molar-refractivity contribution in [3.05, 3.63) is 30.1 Å². The topological polar surface area (TPSA) is 87.2 Å². The number of sulfonamides is 1. The fourth-order valence-electron chi connectivity index (χ4n) is 3.32. The molecule has 2 fully saturated rings. The Bertz CT molecular complexity index is 816. The summed E-state index contributed by atoms with van der Waals surface area (Å²) < 4.78 is 77.5. The van der Waals surface area contributed by atoms with Crippen LogP contribution < -0.4 is 0 Å². The lowest BCUT2D eigenvalue weighted by Crippen LogP contribution is -2.43. The van der Waals surface area contributed by atoms with Gasteiger partial charge in [0.1, 0.15) is 5.82 Å². The lowest BCUT2D eigenvalue weighted by molar-refractivity contribution is -0.192. The molecular weight excluding hydrogens is 420 g/mol. The normalized spacial score (nSPS) is 24.0. The van der Waals surface area contributed by atoms with Gasteiger partial charge in [-0.3, -0.25) is 0 Å². The summed E-state index contributed by atoms with van der Waals surface area (Å²) in [6.45, 7) is 3.57. The Morgan fingerprint density at radius 3 is 2.24 bits per heavy atom. The Labute approximate surface area is 165 Å². The molecule has 0 bridgehead atoms. The zero-order valence-corrected chi connectivity index (χ0v) is 16.5. The maximum absolute atomic E-state index is 13.0. The molecule has 3 rings (SSSR count). The molecule has 2 aliphatic heterocycles. The molecule has 0 saturated carbocycles. The number of halogens is 4. The van der Waals surface area contributed by atoms with Crippen LogP contribution in [0.25, 0.3) is 0 Å². The van der Waals surface area contributed by atoms with Crippen LogP contribution >= 0.6 is 0 Å². The summed E-state index contributed by atoms with van der Waals surface area (Å²) in [6.07, 6.45) is -4.15. The molecule has 0 aliphatic carbocycles. The van der Waals surface area contributed by atoms with Gasteiger partial charge in [0, 0.05) is 25.0 Å². The third-order valence-electron chi connectivity index (χ3n) is 4.73. The van der Waals surface area contributed by atoms with E-state index in [-0.39, 0.29) is 10.3 Å². The van der Waals surface area contributed by atoms with Crippen molar-refractivity contribution in [2.75, 3.05) is 46.4 Å². The van der Waals surface area contributed by atoms with Gasteiger partial charge in [-0.25, -0.2) is 17.6 Å². The van der Waals surface area contributed by atoms with Gasteiger partial charge in [0.05, 0.1) is 18.1 Å². The molecule has 2 aliphatic rings. The van der Waals surface area contributed by atoms with Crippen LogP contribution in [0.3, 0.4) is 0 Å². The third-order valence-corrected chi connectivity index (χ3v) is 6.59. The summed E-state index contributed by atoms with van der Waals surface area (Å²) >= 11 is 0. The molecule has 12 heteroatoms. The van der Waals surface area contributed by atoms with Crippen molar-refractivity contribution >= 4 is 16.0 Å². The van der Waals surface area contributed by atoms with Gasteiger partial charge in [-0.1, -0.05) is 0 Å². The van der Waals surface area contributed by atoms with Crippen molar-refractivity contribution < 1.29 is 40.6 Å². The fourth-order valence-corrected chi connectivity index (χ4v) is 4.86. The Morgan fingerprint density at radius 1 is 1.17 bits per heavy atom. The minimum atomic E-state index is -5.08. The Balaban J connectivity index is 0.000000370. The second-order valence-corrected chi connectivity index (χ2v) is 9.07. The molecule has 164 valence electrons. The first-order valence-electron chi connectivity index (χ1n) is 8.68. The quantitative estimate of drug-likeness (QED) is 0.703. The van der Waals surface area contributed by atoms with E-state index in [1.807, 2.05) is 7.05 Å². The van der Waals surface area contributed by atoms with Crippen LogP contribution in [0.5, 0.6) is 0 Å². The minimum Gasteiger partial charge on any atom is -0.475 e. The number of carbonyl (C=O) groups is 1. The lowest BCUT2D eigenvalue weighted by atomic mass is 9.88. The number of likely N-dealkylation sites (tertiary alicyclic amines) is 1. The summed E-state index contributed by atoms with van der Waals surface area (Å²) in [6, 6.07) is 5.01. The molecule has 0 aromatic heterocycles. The van der Waals surface area contributed by atoms with E-state index < -0.39 is 28.0 Å². The van der Waals surface area contributed by atoms with Gasteiger partial charge < -0.3 is 14.7 Å². The van der Waals surface area contributed by atoms with E-state index in [1.54, 1.807) is 0 Å². The molecule has 1 aromatic carbocycles. The van der Waals surface area contributed by atoms with Crippen LogP contribution in [0.1, 0.15) is 6.42 Å². The molecular formula is C17H22F4N2O5S. The molecule has 1 atom stereocenters. The van der Waals surface area contributed by atoms with Gasteiger partial charge in [-0.15, -0.1) is 0 Å². The highest BCUT2D eigenvalue weighted by atomic mass is 32.2. The summed E-state index contributed by atoms with van der Waals surface area (Å²) in [5.41, 5.74) is -0.141. The van der Waals surface area contributed by atoms with Crippen LogP contribution in [-0.4, -0.2) is 81.3 Å². The number of nitrogens with zero attached hydrogens (tertiary/aromatic N) is 2. The predicted octanol–water partition coefficient (Wildman–Crippen LogP) is 1.80. The molecule has 2 heterocycles. The number of hydrogen-bond donors (Lipinski definition) is 1. The zero-order valence-electron chi connectivity index (χ0n) is 15.7. The Kier molecular flexibility index (Phi) is 7.25. The number of carboxylic acids is 1. The number of aliphatic carboxylic acids is 1. The second kappa shape index (κ2) is 8.94. The highest BCUT2D eigenvalue weighted by Crippen LogP contribution is 2.34. The van der Waals surface area contributed by atoms with E-state index in [0.717, 1.165) is 19.5 Å². The summed E-state index contributed by atoms with van der Waals surface area (Å²) in [7, 11) is -1.57. The molecule has 1 unspecified atom stereocenters. The number of ether oxygens (including phenoxy) is 1. The fraction of sp³-hybridized carbons (Fsp3) is 0.588. The number of alkyl halides is 3. The monoisotopic (exact) mass is 442 g/mol. The van der Waals surface area contributed by atoms with Crippen molar-refractivity contribution in [1.29, 1.82) is 0 Å². The maximum Gasteiger partial charge on any atom is 0.490 e. The van der Waals surface area contributed by atoms with E-state index in [0.29, 0.717) is 26.3 Å². The first-order valence-corrected chi connectivity index (χ1v) is 10.1. The SMILES string of the molecule is CN1CCC2(COCCN(S(=O)(=O)c3ccc(F)cc3)C2)C1.O=C(O)C(F)(F)F.